The molecular weight excluding hydrogens is 331 g/mol. The van der Waals surface area contributed by atoms with Gasteiger partial charge < -0.3 is 10.2 Å². The lowest BCUT2D eigenvalue weighted by Gasteiger charge is -2.17. The molecule has 7 heteroatoms. The molecule has 0 fully saturated rings. The first kappa shape index (κ1) is 18.1. The van der Waals surface area contributed by atoms with Crippen molar-refractivity contribution >= 4 is 29.0 Å². The molecule has 0 atom stereocenters. The maximum absolute atomic E-state index is 13.2. The molecule has 5 nitrogen and oxygen atoms in total. The number of benzene rings is 1. The molecule has 1 aromatic carbocycles. The second-order valence-electron chi connectivity index (χ2n) is 5.52. The fraction of sp³-hybridized carbons (Fsp3) is 0.353. The third-order valence-corrected chi connectivity index (χ3v) is 3.73. The fourth-order valence-corrected chi connectivity index (χ4v) is 2.34. The summed E-state index contributed by atoms with van der Waals surface area (Å²) in [4.78, 5) is 22.5. The zero-order chi connectivity index (χ0) is 17.7. The number of aromatic nitrogens is 2. The molecular formula is C17H20ClFN4O. The molecule has 2 rings (SSSR count). The third kappa shape index (κ3) is 4.64. The van der Waals surface area contributed by atoms with Crippen LogP contribution < -0.4 is 5.32 Å². The van der Waals surface area contributed by atoms with Gasteiger partial charge >= 0.3 is 0 Å². The molecule has 0 aliphatic rings. The number of anilines is 2. The number of aryl methyl sites for hydroxylation is 1. The third-order valence-electron chi connectivity index (χ3n) is 3.44. The fourth-order valence-electron chi connectivity index (χ4n) is 2.16. The summed E-state index contributed by atoms with van der Waals surface area (Å²) in [5.74, 6) is 0.279. The molecule has 0 bridgehead atoms. The lowest BCUT2D eigenvalue weighted by atomic mass is 10.2. The van der Waals surface area contributed by atoms with Crippen LogP contribution in [0.2, 0.25) is 5.02 Å². The molecule has 128 valence electrons. The first-order valence-corrected chi connectivity index (χ1v) is 8.11. The van der Waals surface area contributed by atoms with E-state index < -0.39 is 5.82 Å². The minimum Gasteiger partial charge on any atom is -0.340 e. The monoisotopic (exact) mass is 350 g/mol. The second kappa shape index (κ2) is 8.06. The predicted molar refractivity (Wildman–Crippen MR) is 93.3 cm³/mol. The van der Waals surface area contributed by atoms with Crippen molar-refractivity contribution in [3.63, 3.8) is 0 Å². The SMILES string of the molecule is CCCCN(C)C(=O)c1cc(Nc2ccc(F)c(Cl)c2)nc(C)n1. The summed E-state index contributed by atoms with van der Waals surface area (Å²) in [5, 5.41) is 3.03. The van der Waals surface area contributed by atoms with Crippen molar-refractivity contribution in [2.75, 3.05) is 18.9 Å². The molecule has 0 saturated carbocycles. The highest BCUT2D eigenvalue weighted by atomic mass is 35.5. The van der Waals surface area contributed by atoms with Gasteiger partial charge in [-0.3, -0.25) is 4.79 Å². The lowest BCUT2D eigenvalue weighted by Crippen LogP contribution is -2.28. The summed E-state index contributed by atoms with van der Waals surface area (Å²) < 4.78 is 13.2. The average Bonchev–Trinajstić information content (AvgIpc) is 2.54. The molecule has 1 N–H and O–H groups in total. The maximum Gasteiger partial charge on any atom is 0.272 e. The van der Waals surface area contributed by atoms with E-state index >= 15 is 0 Å². The number of hydrogen-bond acceptors (Lipinski definition) is 4. The van der Waals surface area contributed by atoms with Crippen molar-refractivity contribution in [1.29, 1.82) is 0 Å². The van der Waals surface area contributed by atoms with E-state index in [2.05, 4.69) is 22.2 Å². The second-order valence-corrected chi connectivity index (χ2v) is 5.93. The van der Waals surface area contributed by atoms with E-state index in [9.17, 15) is 9.18 Å². The van der Waals surface area contributed by atoms with E-state index in [0.29, 0.717) is 29.6 Å². The van der Waals surface area contributed by atoms with Crippen LogP contribution in [0.25, 0.3) is 0 Å². The largest absolute Gasteiger partial charge is 0.340 e. The van der Waals surface area contributed by atoms with Gasteiger partial charge in [0, 0.05) is 25.3 Å². The average molecular weight is 351 g/mol. The van der Waals surface area contributed by atoms with Gasteiger partial charge in [-0.25, -0.2) is 14.4 Å². The molecule has 0 aliphatic carbocycles. The predicted octanol–water partition coefficient (Wildman–Crippen LogP) is 4.19. The van der Waals surface area contributed by atoms with Gasteiger partial charge in [-0.15, -0.1) is 0 Å². The Kier molecular flexibility index (Phi) is 6.09. The van der Waals surface area contributed by atoms with Gasteiger partial charge in [0.15, 0.2) is 0 Å². The first-order chi connectivity index (χ1) is 11.4. The summed E-state index contributed by atoms with van der Waals surface area (Å²) >= 11 is 5.77. The van der Waals surface area contributed by atoms with E-state index in [4.69, 9.17) is 11.6 Å². The van der Waals surface area contributed by atoms with Crippen LogP contribution in [-0.4, -0.2) is 34.4 Å². The maximum atomic E-state index is 13.2. The molecule has 1 aromatic heterocycles. The highest BCUT2D eigenvalue weighted by molar-refractivity contribution is 6.31. The number of halogens is 2. The van der Waals surface area contributed by atoms with E-state index in [0.717, 1.165) is 12.8 Å². The van der Waals surface area contributed by atoms with Crippen LogP contribution in [0.15, 0.2) is 24.3 Å². The standard InChI is InChI=1S/C17H20ClFN4O/c1-4-5-8-23(3)17(24)15-10-16(21-11(2)20-15)22-12-6-7-14(19)13(18)9-12/h6-7,9-10H,4-5,8H2,1-3H3,(H,20,21,22). The number of amides is 1. The van der Waals surface area contributed by atoms with Gasteiger partial charge in [0.2, 0.25) is 0 Å². The molecule has 24 heavy (non-hydrogen) atoms. The highest BCUT2D eigenvalue weighted by Gasteiger charge is 2.15. The summed E-state index contributed by atoms with van der Waals surface area (Å²) in [7, 11) is 1.75. The summed E-state index contributed by atoms with van der Waals surface area (Å²) in [6, 6.07) is 5.86. The van der Waals surface area contributed by atoms with Crippen LogP contribution in [0.1, 0.15) is 36.1 Å². The van der Waals surface area contributed by atoms with Crippen molar-refractivity contribution < 1.29 is 9.18 Å². The van der Waals surface area contributed by atoms with Crippen molar-refractivity contribution in [2.45, 2.75) is 26.7 Å². The Hall–Kier alpha value is -2.21. The summed E-state index contributed by atoms with van der Waals surface area (Å²) in [6.45, 7) is 4.46. The molecule has 0 radical (unpaired) electrons. The van der Waals surface area contributed by atoms with Crippen LogP contribution in [0.3, 0.4) is 0 Å². The molecule has 2 aromatic rings. The number of carbonyl (C=O) groups excluding carboxylic acids is 1. The van der Waals surface area contributed by atoms with Crippen LogP contribution >= 0.6 is 11.6 Å². The summed E-state index contributed by atoms with van der Waals surface area (Å²) in [5.41, 5.74) is 0.897. The number of nitrogens with zero attached hydrogens (tertiary/aromatic N) is 3. The van der Waals surface area contributed by atoms with E-state index in [-0.39, 0.29) is 10.9 Å². The van der Waals surface area contributed by atoms with Crippen LogP contribution in [0.4, 0.5) is 15.9 Å². The molecule has 0 saturated heterocycles. The highest BCUT2D eigenvalue weighted by Crippen LogP contribution is 2.22. The number of carbonyl (C=O) groups is 1. The zero-order valence-corrected chi connectivity index (χ0v) is 14.7. The number of nitrogens with one attached hydrogen (secondary N) is 1. The van der Waals surface area contributed by atoms with Gasteiger partial charge in [-0.05, 0) is 31.5 Å². The Bertz CT molecular complexity index is 739. The Morgan fingerprint density at radius 2 is 2.08 bits per heavy atom. The van der Waals surface area contributed by atoms with E-state index in [1.807, 2.05) is 0 Å². The Balaban J connectivity index is 2.21. The normalized spacial score (nSPS) is 10.5. The van der Waals surface area contributed by atoms with Crippen LogP contribution in [0.5, 0.6) is 0 Å². The van der Waals surface area contributed by atoms with Crippen molar-refractivity contribution in [1.82, 2.24) is 14.9 Å². The van der Waals surface area contributed by atoms with E-state index in [1.54, 1.807) is 31.0 Å². The molecule has 1 amide bonds. The molecule has 0 spiro atoms. The van der Waals surface area contributed by atoms with Crippen molar-refractivity contribution in [3.8, 4) is 0 Å². The Morgan fingerprint density at radius 1 is 1.33 bits per heavy atom. The number of hydrogen-bond donors (Lipinski definition) is 1. The minimum absolute atomic E-state index is 0.0152. The molecule has 0 unspecified atom stereocenters. The van der Waals surface area contributed by atoms with Crippen molar-refractivity contribution in [3.05, 3.63) is 46.6 Å². The van der Waals surface area contributed by atoms with Crippen molar-refractivity contribution in [2.24, 2.45) is 0 Å². The quantitative estimate of drug-likeness (QED) is 0.848. The molecule has 0 aliphatic heterocycles. The van der Waals surface area contributed by atoms with Crippen LogP contribution in [0, 0.1) is 12.7 Å². The number of rotatable bonds is 6. The lowest BCUT2D eigenvalue weighted by molar-refractivity contribution is 0.0787. The smallest absolute Gasteiger partial charge is 0.272 e. The summed E-state index contributed by atoms with van der Waals surface area (Å²) in [6.07, 6.45) is 1.95. The Morgan fingerprint density at radius 3 is 2.75 bits per heavy atom. The number of unbranched alkanes of at least 4 members (excludes halogenated alkanes) is 1. The van der Waals surface area contributed by atoms with Gasteiger partial charge in [-0.1, -0.05) is 24.9 Å². The van der Waals surface area contributed by atoms with Gasteiger partial charge in [0.05, 0.1) is 5.02 Å². The van der Waals surface area contributed by atoms with Gasteiger partial charge in [0.1, 0.15) is 23.2 Å². The minimum atomic E-state index is -0.491. The zero-order valence-electron chi connectivity index (χ0n) is 13.9. The Labute approximate surface area is 145 Å². The van der Waals surface area contributed by atoms with E-state index in [1.165, 1.54) is 12.1 Å². The molecule has 1 heterocycles. The van der Waals surface area contributed by atoms with Gasteiger partial charge in [-0.2, -0.15) is 0 Å². The topological polar surface area (TPSA) is 58.1 Å². The van der Waals surface area contributed by atoms with Gasteiger partial charge in [0.25, 0.3) is 5.91 Å². The van der Waals surface area contributed by atoms with Crippen LogP contribution in [-0.2, 0) is 0 Å². The first-order valence-electron chi connectivity index (χ1n) is 7.74.